The van der Waals surface area contributed by atoms with Crippen molar-refractivity contribution in [3.63, 3.8) is 0 Å². The molecule has 3 N–H and O–H groups in total. The molecule has 1 aromatic carbocycles. The molecule has 0 saturated heterocycles. The second-order valence-electron chi connectivity index (χ2n) is 4.33. The number of hydrogen-bond acceptors (Lipinski definition) is 4. The van der Waals surface area contributed by atoms with E-state index >= 15 is 0 Å². The number of benzene rings is 1. The summed E-state index contributed by atoms with van der Waals surface area (Å²) in [5.74, 6) is 0.431. The van der Waals surface area contributed by atoms with Crippen molar-refractivity contribution in [2.24, 2.45) is 11.7 Å². The summed E-state index contributed by atoms with van der Waals surface area (Å²) in [6, 6.07) is 6.01. The van der Waals surface area contributed by atoms with Crippen molar-refractivity contribution in [2.45, 2.75) is 19.4 Å². The smallest absolute Gasteiger partial charge is 0.181 e. The van der Waals surface area contributed by atoms with E-state index in [0.29, 0.717) is 5.92 Å². The first-order valence-corrected chi connectivity index (χ1v) is 5.99. The van der Waals surface area contributed by atoms with E-state index in [0.717, 1.165) is 29.6 Å². The van der Waals surface area contributed by atoms with Gasteiger partial charge >= 0.3 is 0 Å². The van der Waals surface area contributed by atoms with Crippen LogP contribution < -0.4 is 11.1 Å². The predicted octanol–water partition coefficient (Wildman–Crippen LogP) is 2.07. The Bertz CT molecular complexity index is 480. The third-order valence-corrected chi connectivity index (χ3v) is 3.24. The van der Waals surface area contributed by atoms with Gasteiger partial charge in [0.2, 0.25) is 0 Å². The number of nitrogens with one attached hydrogen (secondary N) is 1. The first-order valence-electron chi connectivity index (χ1n) is 5.99. The fraction of sp³-hybridized carbons (Fsp3) is 0.462. The first-order chi connectivity index (χ1) is 8.26. The lowest BCUT2D eigenvalue weighted by Gasteiger charge is -2.22. The van der Waals surface area contributed by atoms with Crippen LogP contribution in [0.2, 0.25) is 0 Å². The largest absolute Gasteiger partial charge is 0.443 e. The van der Waals surface area contributed by atoms with E-state index in [4.69, 9.17) is 10.2 Å². The molecule has 0 saturated carbocycles. The lowest BCUT2D eigenvalue weighted by molar-refractivity contribution is 0.403. The summed E-state index contributed by atoms with van der Waals surface area (Å²) in [6.07, 6.45) is 2.52. The van der Waals surface area contributed by atoms with E-state index in [-0.39, 0.29) is 6.04 Å². The van der Waals surface area contributed by atoms with E-state index in [1.807, 2.05) is 25.2 Å². The Hall–Kier alpha value is -1.39. The van der Waals surface area contributed by atoms with Crippen LogP contribution >= 0.6 is 0 Å². The van der Waals surface area contributed by atoms with Gasteiger partial charge in [0.25, 0.3) is 0 Å². The maximum Gasteiger partial charge on any atom is 0.181 e. The molecule has 92 valence electrons. The second-order valence-corrected chi connectivity index (χ2v) is 4.33. The predicted molar refractivity (Wildman–Crippen MR) is 68.6 cm³/mol. The van der Waals surface area contributed by atoms with Crippen molar-refractivity contribution in [3.05, 3.63) is 30.2 Å². The van der Waals surface area contributed by atoms with Crippen LogP contribution in [0.1, 0.15) is 24.9 Å². The van der Waals surface area contributed by atoms with Gasteiger partial charge < -0.3 is 15.5 Å². The van der Waals surface area contributed by atoms with Crippen LogP contribution in [0.15, 0.2) is 29.0 Å². The molecule has 17 heavy (non-hydrogen) atoms. The minimum atomic E-state index is 0.0296. The normalized spacial score (nSPS) is 15.0. The molecule has 1 aromatic heterocycles. The molecule has 1 heterocycles. The van der Waals surface area contributed by atoms with Gasteiger partial charge in [0.15, 0.2) is 12.0 Å². The Morgan fingerprint density at radius 2 is 2.29 bits per heavy atom. The SMILES string of the molecule is CCC(CNC)C(N)c1ccc2ncoc2c1. The van der Waals surface area contributed by atoms with Crippen LogP contribution in [0, 0.1) is 5.92 Å². The number of oxazole rings is 1. The van der Waals surface area contributed by atoms with Gasteiger partial charge in [0.1, 0.15) is 5.52 Å². The van der Waals surface area contributed by atoms with Gasteiger partial charge in [0, 0.05) is 6.04 Å². The van der Waals surface area contributed by atoms with Gasteiger partial charge in [-0.3, -0.25) is 0 Å². The van der Waals surface area contributed by atoms with E-state index in [9.17, 15) is 0 Å². The van der Waals surface area contributed by atoms with E-state index in [1.54, 1.807) is 0 Å². The molecular weight excluding hydrogens is 214 g/mol. The first kappa shape index (κ1) is 12.1. The Balaban J connectivity index is 2.24. The molecule has 0 amide bonds. The van der Waals surface area contributed by atoms with Gasteiger partial charge in [-0.1, -0.05) is 19.4 Å². The summed E-state index contributed by atoms with van der Waals surface area (Å²) >= 11 is 0. The highest BCUT2D eigenvalue weighted by molar-refractivity contribution is 5.72. The Morgan fingerprint density at radius 1 is 1.47 bits per heavy atom. The third-order valence-electron chi connectivity index (χ3n) is 3.24. The molecular formula is C13H19N3O. The quantitative estimate of drug-likeness (QED) is 0.829. The molecule has 0 spiro atoms. The van der Waals surface area contributed by atoms with Gasteiger partial charge in [-0.05, 0) is 37.2 Å². The van der Waals surface area contributed by atoms with Crippen molar-refractivity contribution in [2.75, 3.05) is 13.6 Å². The number of aromatic nitrogens is 1. The fourth-order valence-corrected chi connectivity index (χ4v) is 2.14. The van der Waals surface area contributed by atoms with Crippen molar-refractivity contribution in [1.82, 2.24) is 10.3 Å². The average Bonchev–Trinajstić information content (AvgIpc) is 2.82. The van der Waals surface area contributed by atoms with Crippen LogP contribution in [0.25, 0.3) is 11.1 Å². The van der Waals surface area contributed by atoms with Crippen LogP contribution in [0.5, 0.6) is 0 Å². The van der Waals surface area contributed by atoms with Gasteiger partial charge in [0.05, 0.1) is 0 Å². The summed E-state index contributed by atoms with van der Waals surface area (Å²) in [5.41, 5.74) is 9.08. The Kier molecular flexibility index (Phi) is 3.76. The third kappa shape index (κ3) is 2.48. The van der Waals surface area contributed by atoms with Crippen molar-refractivity contribution >= 4 is 11.1 Å². The van der Waals surface area contributed by atoms with Crippen LogP contribution in [0.3, 0.4) is 0 Å². The number of nitrogens with two attached hydrogens (primary N) is 1. The summed E-state index contributed by atoms with van der Waals surface area (Å²) in [6.45, 7) is 3.08. The van der Waals surface area contributed by atoms with E-state index in [2.05, 4.69) is 17.2 Å². The summed E-state index contributed by atoms with van der Waals surface area (Å²) < 4.78 is 5.30. The molecule has 2 atom stereocenters. The monoisotopic (exact) mass is 233 g/mol. The molecule has 2 unspecified atom stereocenters. The zero-order chi connectivity index (χ0) is 12.3. The zero-order valence-electron chi connectivity index (χ0n) is 10.3. The Morgan fingerprint density at radius 3 is 3.00 bits per heavy atom. The highest BCUT2D eigenvalue weighted by atomic mass is 16.3. The average molecular weight is 233 g/mol. The maximum absolute atomic E-state index is 6.29. The lowest BCUT2D eigenvalue weighted by atomic mass is 9.91. The molecule has 0 radical (unpaired) electrons. The lowest BCUT2D eigenvalue weighted by Crippen LogP contribution is -2.29. The van der Waals surface area contributed by atoms with Crippen molar-refractivity contribution < 1.29 is 4.42 Å². The highest BCUT2D eigenvalue weighted by Crippen LogP contribution is 2.24. The highest BCUT2D eigenvalue weighted by Gasteiger charge is 2.17. The maximum atomic E-state index is 6.29. The Labute approximate surface area is 101 Å². The second kappa shape index (κ2) is 5.29. The fourth-order valence-electron chi connectivity index (χ4n) is 2.14. The zero-order valence-corrected chi connectivity index (χ0v) is 10.3. The van der Waals surface area contributed by atoms with Gasteiger partial charge in [-0.2, -0.15) is 0 Å². The van der Waals surface area contributed by atoms with Gasteiger partial charge in [-0.25, -0.2) is 4.98 Å². The van der Waals surface area contributed by atoms with Gasteiger partial charge in [-0.15, -0.1) is 0 Å². The van der Waals surface area contributed by atoms with Crippen LogP contribution in [-0.4, -0.2) is 18.6 Å². The minimum Gasteiger partial charge on any atom is -0.443 e. The van der Waals surface area contributed by atoms with E-state index in [1.165, 1.54) is 6.39 Å². The minimum absolute atomic E-state index is 0.0296. The van der Waals surface area contributed by atoms with Crippen molar-refractivity contribution in [3.8, 4) is 0 Å². The molecule has 4 heteroatoms. The summed E-state index contributed by atoms with van der Waals surface area (Å²) in [5, 5.41) is 3.19. The van der Waals surface area contributed by atoms with Crippen molar-refractivity contribution in [1.29, 1.82) is 0 Å². The molecule has 0 aliphatic carbocycles. The molecule has 0 bridgehead atoms. The number of hydrogen-bond donors (Lipinski definition) is 2. The number of nitrogens with zero attached hydrogens (tertiary/aromatic N) is 1. The number of rotatable bonds is 5. The number of fused-ring (bicyclic) bond motifs is 1. The van der Waals surface area contributed by atoms with Crippen LogP contribution in [-0.2, 0) is 0 Å². The molecule has 2 aromatic rings. The molecule has 4 nitrogen and oxygen atoms in total. The van der Waals surface area contributed by atoms with E-state index < -0.39 is 0 Å². The van der Waals surface area contributed by atoms with Crippen LogP contribution in [0.4, 0.5) is 0 Å². The summed E-state index contributed by atoms with van der Waals surface area (Å²) in [7, 11) is 1.95. The standard InChI is InChI=1S/C13H19N3O/c1-3-9(7-15-2)13(14)10-4-5-11-12(6-10)17-8-16-11/h4-6,8-9,13,15H,3,7,14H2,1-2H3. The summed E-state index contributed by atoms with van der Waals surface area (Å²) in [4.78, 5) is 4.10. The molecule has 0 aliphatic heterocycles. The topological polar surface area (TPSA) is 64.1 Å². The molecule has 0 fully saturated rings. The molecule has 2 rings (SSSR count). The molecule has 0 aliphatic rings.